The Balaban J connectivity index is 1.45. The highest BCUT2D eigenvalue weighted by Gasteiger charge is 2.31. The molecular formula is C23H30ClN5O5. The zero-order valence-corrected chi connectivity index (χ0v) is 20.0. The van der Waals surface area contributed by atoms with Crippen LogP contribution in [0.3, 0.4) is 0 Å². The number of hydrogen-bond acceptors (Lipinski definition) is 8. The summed E-state index contributed by atoms with van der Waals surface area (Å²) < 4.78 is 10.3. The summed E-state index contributed by atoms with van der Waals surface area (Å²) in [5.74, 6) is -0.836. The number of anilines is 1. The number of methoxy groups -OCH3 is 2. The molecule has 1 aromatic carbocycles. The molecule has 1 aromatic heterocycles. The molecule has 0 saturated carbocycles. The standard InChI is InChI=1S/C23H30ClN5O5/c1-33-19-13-29(10-8-26-12-14-3-5-15(6-4-14)23(32)34-2)9-7-18(19)27-21(30)16-11-17(24)20(25)28-22(16)31/h3-6,11,18-19,26H,7-10,12-13H2,1-2H3,(H,27,30)(H3,25,28,31)/t18-,19+/m0/s1. The number of ether oxygens (including phenoxy) is 2. The first kappa shape index (κ1) is 25.7. The average Bonchev–Trinajstić information content (AvgIpc) is 2.84. The van der Waals surface area contributed by atoms with Crippen molar-refractivity contribution >= 4 is 29.3 Å². The van der Waals surface area contributed by atoms with Gasteiger partial charge in [0.25, 0.3) is 11.5 Å². The number of hydrogen-bond donors (Lipinski definition) is 4. The van der Waals surface area contributed by atoms with Gasteiger partial charge in [-0.25, -0.2) is 4.79 Å². The van der Waals surface area contributed by atoms with Crippen LogP contribution in [0.25, 0.3) is 0 Å². The number of carbonyl (C=O) groups is 2. The zero-order valence-electron chi connectivity index (χ0n) is 19.2. The lowest BCUT2D eigenvalue weighted by Gasteiger charge is -2.38. The smallest absolute Gasteiger partial charge is 0.337 e. The molecule has 34 heavy (non-hydrogen) atoms. The van der Waals surface area contributed by atoms with Gasteiger partial charge < -0.3 is 30.8 Å². The Labute approximate surface area is 202 Å². The van der Waals surface area contributed by atoms with Gasteiger partial charge >= 0.3 is 5.97 Å². The van der Waals surface area contributed by atoms with Crippen LogP contribution >= 0.6 is 11.6 Å². The van der Waals surface area contributed by atoms with Gasteiger partial charge in [0.2, 0.25) is 0 Å². The fourth-order valence-electron chi connectivity index (χ4n) is 3.87. The average molecular weight is 492 g/mol. The number of nitrogens with two attached hydrogens (primary N) is 1. The monoisotopic (exact) mass is 491 g/mol. The summed E-state index contributed by atoms with van der Waals surface area (Å²) in [6, 6.07) is 8.33. The number of nitrogens with one attached hydrogen (secondary N) is 3. The molecule has 0 aliphatic carbocycles. The van der Waals surface area contributed by atoms with E-state index in [1.807, 2.05) is 12.1 Å². The normalized spacial score (nSPS) is 18.4. The van der Waals surface area contributed by atoms with E-state index in [0.29, 0.717) is 25.1 Å². The Morgan fingerprint density at radius 3 is 2.68 bits per heavy atom. The molecule has 2 atom stereocenters. The largest absolute Gasteiger partial charge is 0.465 e. The molecule has 1 aliphatic heterocycles. The van der Waals surface area contributed by atoms with Crippen LogP contribution in [0.5, 0.6) is 0 Å². The van der Waals surface area contributed by atoms with Crippen LogP contribution in [-0.4, -0.2) is 74.3 Å². The SMILES string of the molecule is COC(=O)c1ccc(CNCCN2CC[C@H](NC(=O)c3cc(Cl)c(N)[nH]c3=O)[C@H](OC)C2)cc1. The van der Waals surface area contributed by atoms with Crippen molar-refractivity contribution in [2.24, 2.45) is 0 Å². The molecule has 1 amide bonds. The van der Waals surface area contributed by atoms with Gasteiger partial charge in [-0.05, 0) is 30.2 Å². The number of aromatic nitrogens is 1. The summed E-state index contributed by atoms with van der Waals surface area (Å²) in [6.45, 7) is 3.69. The third kappa shape index (κ3) is 6.57. The number of carbonyl (C=O) groups excluding carboxylic acids is 2. The number of piperidine rings is 1. The number of nitrogens with zero attached hydrogens (tertiary/aromatic N) is 1. The molecule has 184 valence electrons. The topological polar surface area (TPSA) is 139 Å². The van der Waals surface area contributed by atoms with Crippen molar-refractivity contribution in [2.75, 3.05) is 46.1 Å². The van der Waals surface area contributed by atoms with Crippen LogP contribution < -0.4 is 21.9 Å². The maximum Gasteiger partial charge on any atom is 0.337 e. The number of nitrogen functional groups attached to an aromatic ring is 1. The van der Waals surface area contributed by atoms with E-state index in [4.69, 9.17) is 26.8 Å². The Morgan fingerprint density at radius 1 is 1.26 bits per heavy atom. The second-order valence-electron chi connectivity index (χ2n) is 8.08. The molecule has 2 aromatic rings. The van der Waals surface area contributed by atoms with E-state index in [9.17, 15) is 14.4 Å². The maximum atomic E-state index is 12.6. The van der Waals surface area contributed by atoms with Crippen LogP contribution in [0.4, 0.5) is 5.82 Å². The van der Waals surface area contributed by atoms with Gasteiger partial charge in [-0.15, -0.1) is 0 Å². The molecule has 1 aliphatic rings. The van der Waals surface area contributed by atoms with Crippen molar-refractivity contribution < 1.29 is 19.1 Å². The van der Waals surface area contributed by atoms with Crippen molar-refractivity contribution in [3.05, 3.63) is 62.4 Å². The lowest BCUT2D eigenvalue weighted by molar-refractivity contribution is 0.00678. The summed E-state index contributed by atoms with van der Waals surface area (Å²) >= 11 is 5.94. The van der Waals surface area contributed by atoms with E-state index in [1.165, 1.54) is 13.2 Å². The van der Waals surface area contributed by atoms with Crippen molar-refractivity contribution in [1.29, 1.82) is 0 Å². The van der Waals surface area contributed by atoms with Gasteiger partial charge in [0.15, 0.2) is 0 Å². The van der Waals surface area contributed by atoms with E-state index in [0.717, 1.165) is 25.2 Å². The van der Waals surface area contributed by atoms with Crippen LogP contribution in [0, 0.1) is 0 Å². The number of amides is 1. The summed E-state index contributed by atoms with van der Waals surface area (Å²) in [4.78, 5) is 40.8. The number of benzene rings is 1. The third-order valence-corrected chi connectivity index (χ3v) is 6.15. The zero-order chi connectivity index (χ0) is 24.7. The van der Waals surface area contributed by atoms with Gasteiger partial charge in [0.1, 0.15) is 11.4 Å². The predicted molar refractivity (Wildman–Crippen MR) is 129 cm³/mol. The summed E-state index contributed by atoms with van der Waals surface area (Å²) in [5, 5.41) is 6.41. The van der Waals surface area contributed by atoms with E-state index in [1.54, 1.807) is 19.2 Å². The number of likely N-dealkylation sites (tertiary alicyclic amines) is 1. The van der Waals surface area contributed by atoms with Crippen LogP contribution in [0.1, 0.15) is 32.7 Å². The van der Waals surface area contributed by atoms with Crippen LogP contribution in [0.15, 0.2) is 35.1 Å². The Kier molecular flexibility index (Phi) is 9.05. The van der Waals surface area contributed by atoms with E-state index in [2.05, 4.69) is 20.5 Å². The van der Waals surface area contributed by atoms with Crippen LogP contribution in [0.2, 0.25) is 5.02 Å². The number of halogens is 1. The number of rotatable bonds is 9. The lowest BCUT2D eigenvalue weighted by Crippen LogP contribution is -2.55. The molecule has 0 radical (unpaired) electrons. The highest BCUT2D eigenvalue weighted by Crippen LogP contribution is 2.17. The first-order chi connectivity index (χ1) is 16.3. The molecule has 0 unspecified atom stereocenters. The van der Waals surface area contributed by atoms with E-state index < -0.39 is 11.5 Å². The number of H-pyrrole nitrogens is 1. The van der Waals surface area contributed by atoms with Gasteiger partial charge in [-0.2, -0.15) is 0 Å². The van der Waals surface area contributed by atoms with Crippen LogP contribution in [-0.2, 0) is 16.0 Å². The number of esters is 1. The fourth-order valence-corrected chi connectivity index (χ4v) is 4.02. The van der Waals surface area contributed by atoms with Crippen molar-refractivity contribution in [3.8, 4) is 0 Å². The minimum atomic E-state index is -0.586. The first-order valence-electron chi connectivity index (χ1n) is 10.9. The van der Waals surface area contributed by atoms with Crippen molar-refractivity contribution in [2.45, 2.75) is 25.1 Å². The number of pyridine rings is 1. The molecule has 5 N–H and O–H groups in total. The predicted octanol–water partition coefficient (Wildman–Crippen LogP) is 1.01. The molecule has 1 saturated heterocycles. The minimum Gasteiger partial charge on any atom is -0.465 e. The molecule has 11 heteroatoms. The quantitative estimate of drug-likeness (QED) is 0.301. The molecule has 0 spiro atoms. The second-order valence-corrected chi connectivity index (χ2v) is 8.49. The lowest BCUT2D eigenvalue weighted by atomic mass is 10.0. The summed E-state index contributed by atoms with van der Waals surface area (Å²) in [5.41, 5.74) is 6.50. The van der Waals surface area contributed by atoms with Crippen molar-refractivity contribution in [3.63, 3.8) is 0 Å². The highest BCUT2D eigenvalue weighted by atomic mass is 35.5. The molecule has 3 rings (SSSR count). The van der Waals surface area contributed by atoms with Gasteiger partial charge in [-0.3, -0.25) is 14.5 Å². The molecule has 1 fully saturated rings. The Bertz CT molecular complexity index is 1060. The van der Waals surface area contributed by atoms with Crippen molar-refractivity contribution in [1.82, 2.24) is 20.5 Å². The molecule has 10 nitrogen and oxygen atoms in total. The third-order valence-electron chi connectivity index (χ3n) is 5.84. The van der Waals surface area contributed by atoms with E-state index >= 15 is 0 Å². The highest BCUT2D eigenvalue weighted by molar-refractivity contribution is 6.33. The second kappa shape index (κ2) is 12.0. The van der Waals surface area contributed by atoms with E-state index in [-0.39, 0.29) is 34.5 Å². The Morgan fingerprint density at radius 2 is 2.00 bits per heavy atom. The first-order valence-corrected chi connectivity index (χ1v) is 11.3. The number of aromatic amines is 1. The minimum absolute atomic E-state index is 0.0260. The maximum absolute atomic E-state index is 12.6. The molecule has 2 heterocycles. The molecule has 0 bridgehead atoms. The fraction of sp³-hybridized carbons (Fsp3) is 0.435. The van der Waals surface area contributed by atoms with Gasteiger partial charge in [-0.1, -0.05) is 23.7 Å². The molecular weight excluding hydrogens is 462 g/mol. The van der Waals surface area contributed by atoms with Gasteiger partial charge in [0.05, 0.1) is 29.8 Å². The van der Waals surface area contributed by atoms with Gasteiger partial charge in [0, 0.05) is 39.8 Å². The summed E-state index contributed by atoms with van der Waals surface area (Å²) in [6.07, 6.45) is 0.465. The summed E-state index contributed by atoms with van der Waals surface area (Å²) in [7, 11) is 2.97. The Hall–Kier alpha value is -2.92.